The Kier molecular flexibility index (Phi) is 5.34. The van der Waals surface area contributed by atoms with E-state index >= 15 is 0 Å². The van der Waals surface area contributed by atoms with Gasteiger partial charge in [0.05, 0.1) is 6.61 Å². The molecule has 0 aromatic heterocycles. The minimum atomic E-state index is 0.383. The number of aliphatic imine (C=N–C) groups is 1. The van der Waals surface area contributed by atoms with Crippen molar-refractivity contribution in [1.29, 1.82) is 0 Å². The van der Waals surface area contributed by atoms with Crippen molar-refractivity contribution in [3.05, 3.63) is 30.3 Å². The van der Waals surface area contributed by atoms with Crippen LogP contribution in [0, 0.1) is 11.3 Å². The van der Waals surface area contributed by atoms with Gasteiger partial charge in [0.2, 0.25) is 0 Å². The van der Waals surface area contributed by atoms with E-state index < -0.39 is 0 Å². The van der Waals surface area contributed by atoms with Crippen molar-refractivity contribution in [2.75, 3.05) is 57.4 Å². The molecule has 26 heavy (non-hydrogen) atoms. The monoisotopic (exact) mass is 356 g/mol. The molecule has 0 saturated carbocycles. The van der Waals surface area contributed by atoms with Crippen LogP contribution in [-0.2, 0) is 4.74 Å². The van der Waals surface area contributed by atoms with E-state index in [1.165, 1.54) is 24.9 Å². The number of guanidine groups is 1. The van der Waals surface area contributed by atoms with Gasteiger partial charge in [0.25, 0.3) is 0 Å². The molecule has 3 aliphatic heterocycles. The van der Waals surface area contributed by atoms with Gasteiger partial charge in [-0.2, -0.15) is 0 Å². The molecule has 5 nitrogen and oxygen atoms in total. The fraction of sp³-hybridized carbons (Fsp3) is 0.667. The summed E-state index contributed by atoms with van der Waals surface area (Å²) in [4.78, 5) is 9.98. The average Bonchev–Trinajstić information content (AvgIpc) is 3.42. The minimum absolute atomic E-state index is 0.383. The summed E-state index contributed by atoms with van der Waals surface area (Å²) in [5.74, 6) is 1.75. The molecule has 3 fully saturated rings. The first-order valence-electron chi connectivity index (χ1n) is 10.2. The molecule has 0 aliphatic carbocycles. The largest absolute Gasteiger partial charge is 0.381 e. The molecule has 1 aromatic rings. The number of hydrogen-bond acceptors (Lipinski definition) is 3. The van der Waals surface area contributed by atoms with Gasteiger partial charge in [-0.3, -0.25) is 4.99 Å². The van der Waals surface area contributed by atoms with Crippen LogP contribution in [0.25, 0.3) is 0 Å². The van der Waals surface area contributed by atoms with Crippen LogP contribution in [0.15, 0.2) is 35.3 Å². The smallest absolute Gasteiger partial charge is 0.193 e. The third-order valence-electron chi connectivity index (χ3n) is 6.16. The lowest BCUT2D eigenvalue weighted by Gasteiger charge is -2.25. The molecule has 5 heteroatoms. The number of para-hydroxylation sites is 1. The Bertz CT molecular complexity index is 612. The van der Waals surface area contributed by atoms with Gasteiger partial charge in [-0.05, 0) is 44.2 Å². The molecule has 142 valence electrons. The Morgan fingerprint density at radius 3 is 2.92 bits per heavy atom. The predicted octanol–water partition coefficient (Wildman–Crippen LogP) is 2.59. The van der Waals surface area contributed by atoms with Crippen molar-refractivity contribution in [1.82, 2.24) is 10.2 Å². The quantitative estimate of drug-likeness (QED) is 0.665. The molecular formula is C21H32N4O. The first-order valence-corrected chi connectivity index (χ1v) is 10.2. The summed E-state index contributed by atoms with van der Waals surface area (Å²) in [6.45, 7) is 10.3. The third-order valence-corrected chi connectivity index (χ3v) is 6.16. The zero-order valence-electron chi connectivity index (χ0n) is 16.0. The molecule has 4 rings (SSSR count). The lowest BCUT2D eigenvalue weighted by atomic mass is 9.87. The third kappa shape index (κ3) is 3.83. The van der Waals surface area contributed by atoms with Gasteiger partial charge >= 0.3 is 0 Å². The molecule has 3 aliphatic rings. The van der Waals surface area contributed by atoms with Gasteiger partial charge in [0, 0.05) is 57.0 Å². The topological polar surface area (TPSA) is 40.1 Å². The molecule has 1 N–H and O–H groups in total. The second-order valence-corrected chi connectivity index (χ2v) is 8.11. The van der Waals surface area contributed by atoms with E-state index in [2.05, 4.69) is 52.4 Å². The molecule has 0 bridgehead atoms. The highest BCUT2D eigenvalue weighted by molar-refractivity contribution is 5.80. The summed E-state index contributed by atoms with van der Waals surface area (Å²) in [6, 6.07) is 10.8. The summed E-state index contributed by atoms with van der Waals surface area (Å²) in [6.07, 6.45) is 3.68. The second-order valence-electron chi connectivity index (χ2n) is 8.11. The Morgan fingerprint density at radius 1 is 1.27 bits per heavy atom. The number of benzene rings is 1. The number of likely N-dealkylation sites (tertiary alicyclic amines) is 1. The van der Waals surface area contributed by atoms with Crippen molar-refractivity contribution >= 4 is 11.6 Å². The van der Waals surface area contributed by atoms with Crippen molar-refractivity contribution in [2.45, 2.75) is 26.2 Å². The van der Waals surface area contributed by atoms with E-state index in [4.69, 9.17) is 9.73 Å². The van der Waals surface area contributed by atoms with Gasteiger partial charge in [-0.25, -0.2) is 0 Å². The predicted molar refractivity (Wildman–Crippen MR) is 107 cm³/mol. The highest BCUT2D eigenvalue weighted by Gasteiger charge is 2.42. The van der Waals surface area contributed by atoms with Crippen LogP contribution in [-0.4, -0.2) is 63.3 Å². The summed E-state index contributed by atoms with van der Waals surface area (Å²) >= 11 is 0. The van der Waals surface area contributed by atoms with Gasteiger partial charge in [0.15, 0.2) is 5.96 Å². The van der Waals surface area contributed by atoms with Crippen molar-refractivity contribution in [3.8, 4) is 0 Å². The zero-order valence-corrected chi connectivity index (χ0v) is 16.0. The maximum atomic E-state index is 5.67. The van der Waals surface area contributed by atoms with E-state index in [9.17, 15) is 0 Å². The van der Waals surface area contributed by atoms with Crippen LogP contribution in [0.2, 0.25) is 0 Å². The van der Waals surface area contributed by atoms with Crippen molar-refractivity contribution in [3.63, 3.8) is 0 Å². The van der Waals surface area contributed by atoms with Gasteiger partial charge < -0.3 is 19.9 Å². The fourth-order valence-electron chi connectivity index (χ4n) is 4.58. The summed E-state index contributed by atoms with van der Waals surface area (Å²) < 4.78 is 5.67. The van der Waals surface area contributed by atoms with Gasteiger partial charge in [0.1, 0.15) is 0 Å². The van der Waals surface area contributed by atoms with E-state index in [-0.39, 0.29) is 0 Å². The van der Waals surface area contributed by atoms with Gasteiger partial charge in [-0.15, -0.1) is 0 Å². The first-order chi connectivity index (χ1) is 12.8. The zero-order chi connectivity index (χ0) is 17.8. The number of nitrogens with one attached hydrogen (secondary N) is 1. The number of nitrogens with zero attached hydrogens (tertiary/aromatic N) is 3. The van der Waals surface area contributed by atoms with Crippen molar-refractivity contribution < 1.29 is 4.74 Å². The van der Waals surface area contributed by atoms with E-state index in [1.54, 1.807) is 0 Å². The van der Waals surface area contributed by atoms with Crippen LogP contribution >= 0.6 is 0 Å². The number of rotatable bonds is 4. The minimum Gasteiger partial charge on any atom is -0.381 e. The fourth-order valence-corrected chi connectivity index (χ4v) is 4.58. The normalized spacial score (nSPS) is 29.1. The van der Waals surface area contributed by atoms with E-state index in [0.29, 0.717) is 11.3 Å². The number of anilines is 1. The Balaban J connectivity index is 1.35. The van der Waals surface area contributed by atoms with Crippen molar-refractivity contribution in [2.24, 2.45) is 16.3 Å². The Hall–Kier alpha value is -1.75. The highest BCUT2D eigenvalue weighted by atomic mass is 16.5. The average molecular weight is 357 g/mol. The van der Waals surface area contributed by atoms with Gasteiger partial charge in [-0.1, -0.05) is 18.2 Å². The SMILES string of the molecule is CCNC(=NCC1CCN(c2ccccc2)C1)N1CCC2(CCOC2)C1. The molecule has 1 spiro atoms. The first kappa shape index (κ1) is 17.7. The Labute approximate surface area is 157 Å². The molecule has 3 heterocycles. The highest BCUT2D eigenvalue weighted by Crippen LogP contribution is 2.38. The number of ether oxygens (including phenoxy) is 1. The van der Waals surface area contributed by atoms with Crippen LogP contribution in [0.3, 0.4) is 0 Å². The maximum absolute atomic E-state index is 5.67. The van der Waals surface area contributed by atoms with Crippen LogP contribution < -0.4 is 10.2 Å². The standard InChI is InChI=1S/C21H32N4O/c1-2-22-20(25-12-9-21(16-25)10-13-26-17-21)23-14-18-8-11-24(15-18)19-6-4-3-5-7-19/h3-7,18H,2,8-17H2,1H3,(H,22,23). The maximum Gasteiger partial charge on any atom is 0.193 e. The van der Waals surface area contributed by atoms with Crippen LogP contribution in [0.1, 0.15) is 26.2 Å². The molecule has 3 saturated heterocycles. The molecule has 1 aromatic carbocycles. The van der Waals surface area contributed by atoms with E-state index in [0.717, 1.165) is 58.4 Å². The van der Waals surface area contributed by atoms with Crippen LogP contribution in [0.5, 0.6) is 0 Å². The molecule has 2 atom stereocenters. The molecule has 2 unspecified atom stereocenters. The lowest BCUT2D eigenvalue weighted by Crippen LogP contribution is -2.41. The lowest BCUT2D eigenvalue weighted by molar-refractivity contribution is 0.156. The number of hydrogen-bond donors (Lipinski definition) is 1. The summed E-state index contributed by atoms with van der Waals surface area (Å²) in [5, 5.41) is 3.52. The van der Waals surface area contributed by atoms with Crippen LogP contribution in [0.4, 0.5) is 5.69 Å². The Morgan fingerprint density at radius 2 is 2.15 bits per heavy atom. The molecule has 0 amide bonds. The molecular weight excluding hydrogens is 324 g/mol. The second kappa shape index (κ2) is 7.87. The summed E-state index contributed by atoms with van der Waals surface area (Å²) in [5.41, 5.74) is 1.72. The summed E-state index contributed by atoms with van der Waals surface area (Å²) in [7, 11) is 0. The molecule has 0 radical (unpaired) electrons. The van der Waals surface area contributed by atoms with E-state index in [1.807, 2.05) is 0 Å².